The van der Waals surface area contributed by atoms with Gasteiger partial charge in [-0.15, -0.1) is 0 Å². The van der Waals surface area contributed by atoms with Crippen molar-refractivity contribution in [3.05, 3.63) is 83.4 Å². The summed E-state index contributed by atoms with van der Waals surface area (Å²) < 4.78 is 0. The first kappa shape index (κ1) is 32.8. The van der Waals surface area contributed by atoms with Crippen LogP contribution in [0.1, 0.15) is 63.6 Å². The van der Waals surface area contributed by atoms with Gasteiger partial charge >= 0.3 is 0 Å². The summed E-state index contributed by atoms with van der Waals surface area (Å²) in [5.41, 5.74) is 1.23. The Morgan fingerprint density at radius 3 is 2.43 bits per heavy atom. The van der Waals surface area contributed by atoms with Crippen LogP contribution in [0.3, 0.4) is 0 Å². The van der Waals surface area contributed by atoms with Crippen molar-refractivity contribution < 1.29 is 19.2 Å². The van der Waals surface area contributed by atoms with Crippen molar-refractivity contribution in [2.24, 2.45) is 5.41 Å². The van der Waals surface area contributed by atoms with E-state index in [-0.39, 0.29) is 42.8 Å². The van der Waals surface area contributed by atoms with Crippen LogP contribution in [0.5, 0.6) is 0 Å². The second kappa shape index (κ2) is 12.5. The van der Waals surface area contributed by atoms with E-state index in [9.17, 15) is 19.2 Å². The summed E-state index contributed by atoms with van der Waals surface area (Å²) in [5.74, 6) is -0.361. The monoisotopic (exact) mass is 637 g/mol. The van der Waals surface area contributed by atoms with Gasteiger partial charge in [0.05, 0.1) is 19.1 Å². The number of carbonyl (C=O) groups is 4. The van der Waals surface area contributed by atoms with Gasteiger partial charge in [0.1, 0.15) is 12.2 Å². The van der Waals surface area contributed by atoms with Gasteiger partial charge in [-0.3, -0.25) is 19.2 Å². The highest BCUT2D eigenvalue weighted by molar-refractivity contribution is 5.93. The molecule has 0 radical (unpaired) electrons. The standard InChI is InChI=1S/C38H47N5O4/c1-24-17-30(20-29-13-9-10-14-31(24)29)41-21-33-42(38(23-44,37(3,4)5)40-35(46)25(2)39-6)22-34(45)43(33)32(36(41)47)19-26-15-16-27-11-7-8-12-28(27)18-26/h7-16,18,23-25,30,32-33,39H,17,19-22H2,1-6H3,(H,40,46)/t24?,25?,30-,32-,33+,38+/m0/s1. The number of nitrogens with zero attached hydrogens (tertiary/aromatic N) is 3. The SMILES string of the molecule is CNC(C)C(=O)N[C@](C=O)(N1CC(=O)N2[C@@H](Cc3ccc4ccccc4c3)C(=O)N([C@@H]3Cc4ccccc4C(C)C3)C[C@@H]21)C(C)(C)C. The molecule has 2 heterocycles. The largest absolute Gasteiger partial charge is 0.334 e. The van der Waals surface area contributed by atoms with Crippen LogP contribution < -0.4 is 10.6 Å². The van der Waals surface area contributed by atoms with E-state index in [2.05, 4.69) is 60.0 Å². The molecule has 0 aromatic heterocycles. The highest BCUT2D eigenvalue weighted by atomic mass is 16.2. The first-order valence-electron chi connectivity index (χ1n) is 16.8. The molecule has 0 bridgehead atoms. The predicted molar refractivity (Wildman–Crippen MR) is 182 cm³/mol. The van der Waals surface area contributed by atoms with Crippen LogP contribution in [0.2, 0.25) is 0 Å². The zero-order valence-electron chi connectivity index (χ0n) is 28.3. The van der Waals surface area contributed by atoms with E-state index in [0.29, 0.717) is 6.42 Å². The molecular weight excluding hydrogens is 590 g/mol. The lowest BCUT2D eigenvalue weighted by atomic mass is 9.78. The Morgan fingerprint density at radius 2 is 1.72 bits per heavy atom. The molecule has 6 atom stereocenters. The number of likely N-dealkylation sites (N-methyl/N-ethyl adjacent to an activating group) is 1. The Labute approximate surface area is 277 Å². The highest BCUT2D eigenvalue weighted by Crippen LogP contribution is 2.41. The number of aldehydes is 1. The van der Waals surface area contributed by atoms with Crippen LogP contribution in [0.4, 0.5) is 0 Å². The second-order valence-corrected chi connectivity index (χ2v) is 14.6. The van der Waals surface area contributed by atoms with E-state index in [0.717, 1.165) is 35.5 Å². The van der Waals surface area contributed by atoms with Gasteiger partial charge in [-0.2, -0.15) is 0 Å². The van der Waals surface area contributed by atoms with E-state index in [1.807, 2.05) is 54.8 Å². The molecule has 2 N–H and O–H groups in total. The van der Waals surface area contributed by atoms with Crippen LogP contribution >= 0.6 is 0 Å². The van der Waals surface area contributed by atoms with Crippen molar-refractivity contribution in [3.8, 4) is 0 Å². The third-order valence-corrected chi connectivity index (χ3v) is 10.8. The molecule has 2 saturated heterocycles. The summed E-state index contributed by atoms with van der Waals surface area (Å²) in [6.07, 6.45) is 2.06. The molecule has 3 aromatic carbocycles. The first-order valence-corrected chi connectivity index (χ1v) is 16.8. The molecule has 6 rings (SSSR count). The van der Waals surface area contributed by atoms with Crippen molar-refractivity contribution >= 4 is 34.8 Å². The van der Waals surface area contributed by atoms with Gasteiger partial charge in [0.25, 0.3) is 0 Å². The summed E-state index contributed by atoms with van der Waals surface area (Å²) in [7, 11) is 1.69. The van der Waals surface area contributed by atoms with Crippen LogP contribution in [0.15, 0.2) is 66.7 Å². The van der Waals surface area contributed by atoms with Crippen LogP contribution in [-0.2, 0) is 32.0 Å². The van der Waals surface area contributed by atoms with Crippen LogP contribution in [0, 0.1) is 5.41 Å². The molecule has 9 heteroatoms. The van der Waals surface area contributed by atoms with Crippen molar-refractivity contribution in [1.29, 1.82) is 0 Å². The average Bonchev–Trinajstić information content (AvgIpc) is 3.39. The van der Waals surface area contributed by atoms with Crippen LogP contribution in [0.25, 0.3) is 10.8 Å². The maximum absolute atomic E-state index is 14.7. The maximum atomic E-state index is 14.7. The molecule has 9 nitrogen and oxygen atoms in total. The van der Waals surface area contributed by atoms with Gasteiger partial charge in [-0.05, 0) is 60.2 Å². The van der Waals surface area contributed by atoms with E-state index in [4.69, 9.17) is 0 Å². The number of fused-ring (bicyclic) bond motifs is 3. The number of amides is 3. The minimum absolute atomic E-state index is 0.0645. The number of hydrogen-bond acceptors (Lipinski definition) is 6. The number of piperazine rings is 1. The fourth-order valence-corrected chi connectivity index (χ4v) is 7.96. The number of carbonyl (C=O) groups excluding carboxylic acids is 4. The molecule has 47 heavy (non-hydrogen) atoms. The molecule has 0 spiro atoms. The predicted octanol–water partition coefficient (Wildman–Crippen LogP) is 3.85. The lowest BCUT2D eigenvalue weighted by molar-refractivity contribution is -0.163. The van der Waals surface area contributed by atoms with Crippen molar-refractivity contribution in [2.45, 2.75) is 89.8 Å². The summed E-state index contributed by atoms with van der Waals surface area (Å²) in [6, 6.07) is 21.3. The average molecular weight is 638 g/mol. The van der Waals surface area contributed by atoms with Gasteiger partial charge in [0.15, 0.2) is 11.9 Å². The second-order valence-electron chi connectivity index (χ2n) is 14.6. The zero-order valence-corrected chi connectivity index (χ0v) is 28.3. The third-order valence-electron chi connectivity index (χ3n) is 10.8. The third kappa shape index (κ3) is 5.74. The molecule has 2 aliphatic heterocycles. The summed E-state index contributed by atoms with van der Waals surface area (Å²) in [4.78, 5) is 61.1. The Kier molecular flexibility index (Phi) is 8.74. The minimum Gasteiger partial charge on any atom is -0.334 e. The number of hydrogen-bond donors (Lipinski definition) is 2. The molecule has 3 aromatic rings. The normalized spacial score (nSPS) is 25.2. The Balaban J connectivity index is 1.43. The maximum Gasteiger partial charge on any atom is 0.246 e. The lowest BCUT2D eigenvalue weighted by Gasteiger charge is -2.53. The fourth-order valence-electron chi connectivity index (χ4n) is 7.96. The van der Waals surface area contributed by atoms with Gasteiger partial charge < -0.3 is 20.4 Å². The molecule has 0 saturated carbocycles. The number of nitrogens with one attached hydrogen (secondary N) is 2. The molecule has 2 unspecified atom stereocenters. The Bertz CT molecular complexity index is 1700. The molecule has 248 valence electrons. The molecular formula is C38H47N5O4. The van der Waals surface area contributed by atoms with E-state index in [1.54, 1.807) is 18.9 Å². The summed E-state index contributed by atoms with van der Waals surface area (Å²) >= 11 is 0. The summed E-state index contributed by atoms with van der Waals surface area (Å²) in [6.45, 7) is 9.80. The van der Waals surface area contributed by atoms with Gasteiger partial charge in [-0.25, -0.2) is 4.90 Å². The van der Waals surface area contributed by atoms with Crippen molar-refractivity contribution in [1.82, 2.24) is 25.3 Å². The minimum atomic E-state index is -1.50. The van der Waals surface area contributed by atoms with Gasteiger partial charge in [0.2, 0.25) is 17.7 Å². The van der Waals surface area contributed by atoms with Crippen LogP contribution in [-0.4, -0.2) is 88.8 Å². The summed E-state index contributed by atoms with van der Waals surface area (Å²) in [5, 5.41) is 8.19. The van der Waals surface area contributed by atoms with Crippen molar-refractivity contribution in [2.75, 3.05) is 20.1 Å². The van der Waals surface area contributed by atoms with Gasteiger partial charge in [0, 0.05) is 17.9 Å². The molecule has 2 fully saturated rings. The van der Waals surface area contributed by atoms with Gasteiger partial charge in [-0.1, -0.05) is 94.4 Å². The Hall–Kier alpha value is -4.08. The van der Waals surface area contributed by atoms with E-state index >= 15 is 0 Å². The lowest BCUT2D eigenvalue weighted by Crippen LogP contribution is -2.74. The molecule has 3 amide bonds. The van der Waals surface area contributed by atoms with Crippen molar-refractivity contribution in [3.63, 3.8) is 0 Å². The smallest absolute Gasteiger partial charge is 0.246 e. The molecule has 1 aliphatic carbocycles. The van der Waals surface area contributed by atoms with E-state index in [1.165, 1.54) is 11.1 Å². The number of rotatable bonds is 8. The topological polar surface area (TPSA) is 102 Å². The number of benzene rings is 3. The van der Waals surface area contributed by atoms with E-state index < -0.39 is 29.3 Å². The molecule has 3 aliphatic rings. The first-order chi connectivity index (χ1) is 22.4. The zero-order chi connectivity index (χ0) is 33.7. The Morgan fingerprint density at radius 1 is 1.02 bits per heavy atom. The fraction of sp³-hybridized carbons (Fsp3) is 0.474. The highest BCUT2D eigenvalue weighted by Gasteiger charge is 2.60. The quantitative estimate of drug-likeness (QED) is 0.364.